The Morgan fingerprint density at radius 1 is 1.38 bits per heavy atom. The highest BCUT2D eigenvalue weighted by molar-refractivity contribution is 7.80. The van der Waals surface area contributed by atoms with Crippen molar-refractivity contribution in [3.8, 4) is 0 Å². The van der Waals surface area contributed by atoms with E-state index >= 15 is 0 Å². The topological polar surface area (TPSA) is 55.1 Å². The Labute approximate surface area is 98.8 Å². The second kappa shape index (κ2) is 4.57. The molecule has 3 N–H and O–H groups in total. The van der Waals surface area contributed by atoms with Crippen molar-refractivity contribution in [3.63, 3.8) is 0 Å². The third-order valence-corrected chi connectivity index (χ3v) is 2.66. The second-order valence-electron chi connectivity index (χ2n) is 3.95. The molecule has 0 saturated heterocycles. The average molecular weight is 240 g/mol. The molecule has 0 heterocycles. The Morgan fingerprint density at radius 2 is 1.88 bits per heavy atom. The van der Waals surface area contributed by atoms with Gasteiger partial charge in [-0.15, -0.1) is 0 Å². The summed E-state index contributed by atoms with van der Waals surface area (Å²) >= 11 is 4.82. The monoisotopic (exact) mass is 240 g/mol. The van der Waals surface area contributed by atoms with Gasteiger partial charge in [0.25, 0.3) is 5.91 Å². The van der Waals surface area contributed by atoms with Crippen LogP contribution in [0.5, 0.6) is 0 Å². The zero-order valence-corrected chi connectivity index (χ0v) is 9.90. The molecule has 1 amide bonds. The van der Waals surface area contributed by atoms with E-state index in [1.807, 2.05) is 0 Å². The number of amides is 1. The number of carbonyl (C=O) groups is 1. The molecule has 0 saturated carbocycles. The molecular formula is C11H13FN2OS. The summed E-state index contributed by atoms with van der Waals surface area (Å²) in [6.07, 6.45) is 0. The summed E-state index contributed by atoms with van der Waals surface area (Å²) < 4.78 is 12.6. The number of benzene rings is 1. The van der Waals surface area contributed by atoms with E-state index in [1.165, 1.54) is 24.3 Å². The van der Waals surface area contributed by atoms with E-state index < -0.39 is 5.54 Å². The molecule has 1 rings (SSSR count). The van der Waals surface area contributed by atoms with Crippen LogP contribution in [0.4, 0.5) is 4.39 Å². The van der Waals surface area contributed by atoms with Crippen LogP contribution in [0.2, 0.25) is 0 Å². The number of nitrogens with one attached hydrogen (secondary N) is 1. The van der Waals surface area contributed by atoms with Gasteiger partial charge in [0.15, 0.2) is 0 Å². The number of carbonyl (C=O) groups excluding carboxylic acids is 1. The first kappa shape index (κ1) is 12.6. The first-order valence-corrected chi connectivity index (χ1v) is 5.12. The lowest BCUT2D eigenvalue weighted by Crippen LogP contribution is -2.52. The Morgan fingerprint density at radius 3 is 2.31 bits per heavy atom. The molecule has 0 radical (unpaired) electrons. The van der Waals surface area contributed by atoms with Gasteiger partial charge >= 0.3 is 0 Å². The maximum Gasteiger partial charge on any atom is 0.252 e. The van der Waals surface area contributed by atoms with Gasteiger partial charge in [-0.25, -0.2) is 4.39 Å². The molecule has 0 aliphatic heterocycles. The highest BCUT2D eigenvalue weighted by atomic mass is 32.1. The van der Waals surface area contributed by atoms with Crippen molar-refractivity contribution in [1.82, 2.24) is 5.32 Å². The molecule has 0 aliphatic rings. The maximum atomic E-state index is 12.6. The van der Waals surface area contributed by atoms with Crippen molar-refractivity contribution in [2.24, 2.45) is 5.73 Å². The van der Waals surface area contributed by atoms with E-state index in [-0.39, 0.29) is 16.7 Å². The quantitative estimate of drug-likeness (QED) is 0.789. The molecule has 0 bridgehead atoms. The van der Waals surface area contributed by atoms with Crippen LogP contribution in [0.25, 0.3) is 0 Å². The summed E-state index contributed by atoms with van der Waals surface area (Å²) in [5, 5.41) is 2.66. The van der Waals surface area contributed by atoms with Gasteiger partial charge in [-0.05, 0) is 38.1 Å². The van der Waals surface area contributed by atoms with Gasteiger partial charge in [0.05, 0.1) is 10.5 Å². The van der Waals surface area contributed by atoms with Crippen molar-refractivity contribution < 1.29 is 9.18 Å². The summed E-state index contributed by atoms with van der Waals surface area (Å²) in [5.41, 5.74) is 5.08. The second-order valence-corrected chi connectivity index (χ2v) is 4.39. The fraction of sp³-hybridized carbons (Fsp3) is 0.273. The number of nitrogens with two attached hydrogens (primary N) is 1. The predicted octanol–water partition coefficient (Wildman–Crippen LogP) is 1.62. The van der Waals surface area contributed by atoms with Crippen LogP contribution >= 0.6 is 12.2 Å². The lowest BCUT2D eigenvalue weighted by Gasteiger charge is -2.24. The molecule has 86 valence electrons. The summed E-state index contributed by atoms with van der Waals surface area (Å²) in [4.78, 5) is 11.9. The normalized spacial score (nSPS) is 10.9. The smallest absolute Gasteiger partial charge is 0.252 e. The molecule has 3 nitrogen and oxygen atoms in total. The minimum absolute atomic E-state index is 0.197. The van der Waals surface area contributed by atoms with Gasteiger partial charge < -0.3 is 11.1 Å². The van der Waals surface area contributed by atoms with Crippen LogP contribution in [-0.4, -0.2) is 16.4 Å². The van der Waals surface area contributed by atoms with E-state index in [0.29, 0.717) is 5.56 Å². The number of thiocarbonyl (C=S) groups is 1. The SMILES string of the molecule is CC(C)(NC(=O)c1ccc(F)cc1)C(N)=S. The molecular weight excluding hydrogens is 227 g/mol. The molecule has 5 heteroatoms. The molecule has 0 aliphatic carbocycles. The van der Waals surface area contributed by atoms with E-state index in [1.54, 1.807) is 13.8 Å². The summed E-state index contributed by atoms with van der Waals surface area (Å²) in [7, 11) is 0. The molecule has 0 spiro atoms. The van der Waals surface area contributed by atoms with Gasteiger partial charge in [0, 0.05) is 5.56 Å². The Balaban J connectivity index is 2.81. The first-order valence-electron chi connectivity index (χ1n) is 4.71. The molecule has 16 heavy (non-hydrogen) atoms. The summed E-state index contributed by atoms with van der Waals surface area (Å²) in [6.45, 7) is 3.41. The fourth-order valence-electron chi connectivity index (χ4n) is 1.02. The zero-order chi connectivity index (χ0) is 12.3. The van der Waals surface area contributed by atoms with Gasteiger partial charge in [-0.3, -0.25) is 4.79 Å². The minimum Gasteiger partial charge on any atom is -0.391 e. The predicted molar refractivity (Wildman–Crippen MR) is 64.7 cm³/mol. The Hall–Kier alpha value is -1.49. The number of halogens is 1. The highest BCUT2D eigenvalue weighted by Gasteiger charge is 2.23. The van der Waals surface area contributed by atoms with E-state index in [4.69, 9.17) is 18.0 Å². The van der Waals surface area contributed by atoms with E-state index in [9.17, 15) is 9.18 Å². The lowest BCUT2D eigenvalue weighted by molar-refractivity contribution is 0.0932. The summed E-state index contributed by atoms with van der Waals surface area (Å²) in [5.74, 6) is -0.719. The molecule has 0 unspecified atom stereocenters. The van der Waals surface area contributed by atoms with E-state index in [2.05, 4.69) is 5.32 Å². The first-order chi connectivity index (χ1) is 7.33. The minimum atomic E-state index is -0.763. The van der Waals surface area contributed by atoms with Crippen molar-refractivity contribution >= 4 is 23.1 Å². The number of hydrogen-bond donors (Lipinski definition) is 2. The van der Waals surface area contributed by atoms with Crippen LogP contribution in [0.1, 0.15) is 24.2 Å². The fourth-order valence-corrected chi connectivity index (χ4v) is 1.07. The van der Waals surface area contributed by atoms with Crippen LogP contribution in [0.3, 0.4) is 0 Å². The van der Waals surface area contributed by atoms with Gasteiger partial charge in [-0.1, -0.05) is 12.2 Å². The van der Waals surface area contributed by atoms with Crippen LogP contribution in [-0.2, 0) is 0 Å². The average Bonchev–Trinajstić information content (AvgIpc) is 2.17. The highest BCUT2D eigenvalue weighted by Crippen LogP contribution is 2.07. The third kappa shape index (κ3) is 3.00. The largest absolute Gasteiger partial charge is 0.391 e. The van der Waals surface area contributed by atoms with Gasteiger partial charge in [0.2, 0.25) is 0 Å². The van der Waals surface area contributed by atoms with Crippen LogP contribution in [0.15, 0.2) is 24.3 Å². The Kier molecular flexibility index (Phi) is 3.59. The molecule has 0 atom stereocenters. The van der Waals surface area contributed by atoms with Crippen LogP contribution in [0, 0.1) is 5.82 Å². The molecule has 0 aromatic heterocycles. The van der Waals surface area contributed by atoms with Crippen molar-refractivity contribution in [2.45, 2.75) is 19.4 Å². The zero-order valence-electron chi connectivity index (χ0n) is 9.08. The van der Waals surface area contributed by atoms with E-state index in [0.717, 1.165) is 0 Å². The molecule has 1 aromatic rings. The lowest BCUT2D eigenvalue weighted by atomic mass is 10.0. The number of rotatable bonds is 3. The number of hydrogen-bond acceptors (Lipinski definition) is 2. The van der Waals surface area contributed by atoms with Gasteiger partial charge in [-0.2, -0.15) is 0 Å². The third-order valence-electron chi connectivity index (χ3n) is 2.15. The van der Waals surface area contributed by atoms with Crippen molar-refractivity contribution in [3.05, 3.63) is 35.6 Å². The van der Waals surface area contributed by atoms with Crippen LogP contribution < -0.4 is 11.1 Å². The van der Waals surface area contributed by atoms with Gasteiger partial charge in [0.1, 0.15) is 5.82 Å². The Bertz CT molecular complexity index is 414. The maximum absolute atomic E-state index is 12.6. The molecule has 1 aromatic carbocycles. The molecule has 0 fully saturated rings. The van der Waals surface area contributed by atoms with Crippen molar-refractivity contribution in [2.75, 3.05) is 0 Å². The standard InChI is InChI=1S/C11H13FN2OS/c1-11(2,10(13)16)14-9(15)7-3-5-8(12)6-4-7/h3-6H,1-2H3,(H2,13,16)(H,14,15). The van der Waals surface area contributed by atoms with Crippen molar-refractivity contribution in [1.29, 1.82) is 0 Å². The summed E-state index contributed by atoms with van der Waals surface area (Å²) in [6, 6.07) is 5.26.